The summed E-state index contributed by atoms with van der Waals surface area (Å²) < 4.78 is 18.9. The Hall–Kier alpha value is -2.21. The van der Waals surface area contributed by atoms with Gasteiger partial charge in [-0.2, -0.15) is 0 Å². The number of esters is 1. The molecule has 1 heterocycles. The summed E-state index contributed by atoms with van der Waals surface area (Å²) in [7, 11) is 1.28. The molecule has 1 aromatic carbocycles. The number of halogens is 1. The quantitative estimate of drug-likeness (QED) is 0.560. The van der Waals surface area contributed by atoms with Crippen LogP contribution in [-0.4, -0.2) is 18.9 Å². The van der Waals surface area contributed by atoms with Crippen molar-refractivity contribution in [3.05, 3.63) is 45.6 Å². The number of thiophene rings is 1. The molecule has 0 atom stereocenters. The Labute approximate surface area is 152 Å². The topological polar surface area (TPSA) is 55.4 Å². The standard InChI is InChI=1S/C17H18FNO3S.C2H6/c1-5-11-14(17(21)22-4)16(23-15(11)10(3)20)19-13-7-6-9(2)8-12(13)18;1-2/h6-8,19H,5H2,1-4H3;1-2H3. The Kier molecular flexibility index (Phi) is 7.77. The van der Waals surface area contributed by atoms with Crippen LogP contribution in [0.25, 0.3) is 0 Å². The van der Waals surface area contributed by atoms with Crippen molar-refractivity contribution in [2.24, 2.45) is 0 Å². The molecule has 0 saturated heterocycles. The second kappa shape index (κ2) is 9.32. The average Bonchev–Trinajstić information content (AvgIpc) is 2.97. The molecule has 0 saturated carbocycles. The predicted octanol–water partition coefficient (Wildman–Crippen LogP) is 5.52. The average molecular weight is 365 g/mol. The predicted molar refractivity (Wildman–Crippen MR) is 101 cm³/mol. The molecule has 0 aliphatic rings. The summed E-state index contributed by atoms with van der Waals surface area (Å²) >= 11 is 1.14. The van der Waals surface area contributed by atoms with Crippen LogP contribution >= 0.6 is 11.3 Å². The SMILES string of the molecule is CC.CCc1c(C(C)=O)sc(Nc2ccc(C)cc2F)c1C(=O)OC. The molecule has 0 bridgehead atoms. The fourth-order valence-electron chi connectivity index (χ4n) is 2.34. The van der Waals surface area contributed by atoms with Crippen molar-refractivity contribution in [1.82, 2.24) is 0 Å². The van der Waals surface area contributed by atoms with Crippen LogP contribution in [0.2, 0.25) is 0 Å². The number of ether oxygens (including phenoxy) is 1. The van der Waals surface area contributed by atoms with Crippen molar-refractivity contribution in [3.8, 4) is 0 Å². The van der Waals surface area contributed by atoms with Crippen molar-refractivity contribution in [2.75, 3.05) is 12.4 Å². The highest BCUT2D eigenvalue weighted by molar-refractivity contribution is 7.18. The summed E-state index contributed by atoms with van der Waals surface area (Å²) in [6.45, 7) is 9.10. The Morgan fingerprint density at radius 3 is 2.40 bits per heavy atom. The van der Waals surface area contributed by atoms with Gasteiger partial charge >= 0.3 is 5.97 Å². The van der Waals surface area contributed by atoms with Gasteiger partial charge in [0, 0.05) is 0 Å². The maximum Gasteiger partial charge on any atom is 0.341 e. The summed E-state index contributed by atoms with van der Waals surface area (Å²) in [6.07, 6.45) is 0.508. The van der Waals surface area contributed by atoms with Crippen molar-refractivity contribution in [1.29, 1.82) is 0 Å². The molecule has 0 radical (unpaired) electrons. The minimum atomic E-state index is -0.541. The maximum absolute atomic E-state index is 14.1. The Balaban J connectivity index is 0.00000151. The molecular formula is C19H24FNO3S. The number of anilines is 2. The first kappa shape index (κ1) is 20.8. The molecule has 2 rings (SSSR count). The lowest BCUT2D eigenvalue weighted by Crippen LogP contribution is -2.07. The van der Waals surface area contributed by atoms with Gasteiger partial charge in [-0.1, -0.05) is 26.8 Å². The van der Waals surface area contributed by atoms with E-state index in [1.54, 1.807) is 19.1 Å². The van der Waals surface area contributed by atoms with E-state index in [4.69, 9.17) is 4.74 Å². The lowest BCUT2D eigenvalue weighted by Gasteiger charge is -2.09. The Morgan fingerprint density at radius 2 is 1.92 bits per heavy atom. The zero-order valence-corrected chi connectivity index (χ0v) is 16.3. The highest BCUT2D eigenvalue weighted by Crippen LogP contribution is 2.37. The normalized spacial score (nSPS) is 9.88. The minimum absolute atomic E-state index is 0.130. The molecule has 1 aromatic heterocycles. The van der Waals surface area contributed by atoms with E-state index in [0.29, 0.717) is 27.4 Å². The van der Waals surface area contributed by atoms with Crippen LogP contribution in [0.1, 0.15) is 58.9 Å². The van der Waals surface area contributed by atoms with E-state index < -0.39 is 11.8 Å². The second-order valence-electron chi connectivity index (χ2n) is 5.12. The molecule has 0 aliphatic heterocycles. The summed E-state index contributed by atoms with van der Waals surface area (Å²) in [5.74, 6) is -1.09. The van der Waals surface area contributed by atoms with Crippen LogP contribution in [0.3, 0.4) is 0 Å². The van der Waals surface area contributed by atoms with E-state index in [1.165, 1.54) is 20.1 Å². The number of carbonyl (C=O) groups excluding carboxylic acids is 2. The van der Waals surface area contributed by atoms with Gasteiger partial charge < -0.3 is 10.1 Å². The molecule has 1 N–H and O–H groups in total. The third-order valence-corrected chi connectivity index (χ3v) is 4.69. The number of ketones is 1. The number of aryl methyl sites for hydroxylation is 1. The number of carbonyl (C=O) groups is 2. The van der Waals surface area contributed by atoms with Crippen LogP contribution in [0, 0.1) is 12.7 Å². The van der Waals surface area contributed by atoms with Gasteiger partial charge in [0.05, 0.1) is 23.2 Å². The zero-order chi connectivity index (χ0) is 19.1. The van der Waals surface area contributed by atoms with Crippen LogP contribution in [-0.2, 0) is 11.2 Å². The van der Waals surface area contributed by atoms with Gasteiger partial charge in [0.25, 0.3) is 0 Å². The van der Waals surface area contributed by atoms with Gasteiger partial charge in [-0.05, 0) is 43.5 Å². The molecule has 6 heteroatoms. The third-order valence-electron chi connectivity index (χ3n) is 3.44. The maximum atomic E-state index is 14.1. The fraction of sp³-hybridized carbons (Fsp3) is 0.368. The first-order valence-corrected chi connectivity index (χ1v) is 8.98. The lowest BCUT2D eigenvalue weighted by molar-refractivity contribution is 0.0601. The summed E-state index contributed by atoms with van der Waals surface area (Å²) in [5.41, 5.74) is 1.97. The monoisotopic (exact) mass is 365 g/mol. The zero-order valence-electron chi connectivity index (χ0n) is 15.5. The molecule has 0 aliphatic carbocycles. The number of nitrogens with one attached hydrogen (secondary N) is 1. The van der Waals surface area contributed by atoms with Crippen molar-refractivity contribution in [3.63, 3.8) is 0 Å². The smallest absolute Gasteiger partial charge is 0.341 e. The van der Waals surface area contributed by atoms with Gasteiger partial charge in [-0.25, -0.2) is 9.18 Å². The molecule has 136 valence electrons. The summed E-state index contributed by atoms with van der Waals surface area (Å²) in [5, 5.41) is 3.34. The fourth-order valence-corrected chi connectivity index (χ4v) is 3.52. The molecule has 0 amide bonds. The molecule has 2 aromatic rings. The number of Topliss-reactive ketones (excluding diaryl/α,β-unsaturated/α-hetero) is 1. The first-order valence-electron chi connectivity index (χ1n) is 8.17. The summed E-state index contributed by atoms with van der Waals surface area (Å²) in [6, 6.07) is 4.77. The number of benzene rings is 1. The highest BCUT2D eigenvalue weighted by Gasteiger charge is 2.25. The van der Waals surface area contributed by atoms with E-state index >= 15 is 0 Å². The van der Waals surface area contributed by atoms with Crippen LogP contribution in [0.4, 0.5) is 15.1 Å². The van der Waals surface area contributed by atoms with Crippen LogP contribution in [0.15, 0.2) is 18.2 Å². The number of hydrogen-bond acceptors (Lipinski definition) is 5. The molecular weight excluding hydrogens is 341 g/mol. The van der Waals surface area contributed by atoms with Gasteiger partial charge in [-0.3, -0.25) is 4.79 Å². The molecule has 4 nitrogen and oxygen atoms in total. The van der Waals surface area contributed by atoms with E-state index in [-0.39, 0.29) is 11.5 Å². The van der Waals surface area contributed by atoms with Crippen LogP contribution in [0.5, 0.6) is 0 Å². The molecule has 0 spiro atoms. The minimum Gasteiger partial charge on any atom is -0.465 e. The van der Waals surface area contributed by atoms with E-state index in [1.807, 2.05) is 20.8 Å². The van der Waals surface area contributed by atoms with Gasteiger partial charge in [0.2, 0.25) is 0 Å². The summed E-state index contributed by atoms with van der Waals surface area (Å²) in [4.78, 5) is 24.4. The highest BCUT2D eigenvalue weighted by atomic mass is 32.1. The van der Waals surface area contributed by atoms with Gasteiger partial charge in [0.15, 0.2) is 5.78 Å². The van der Waals surface area contributed by atoms with E-state index in [2.05, 4.69) is 5.32 Å². The van der Waals surface area contributed by atoms with Crippen molar-refractivity contribution in [2.45, 2.75) is 41.0 Å². The first-order chi connectivity index (χ1) is 11.9. The van der Waals surface area contributed by atoms with Gasteiger partial charge in [-0.15, -0.1) is 11.3 Å². The molecule has 0 fully saturated rings. The third kappa shape index (κ3) is 4.66. The Bertz CT molecular complexity index is 768. The second-order valence-corrected chi connectivity index (χ2v) is 6.14. The van der Waals surface area contributed by atoms with E-state index in [9.17, 15) is 14.0 Å². The van der Waals surface area contributed by atoms with E-state index in [0.717, 1.165) is 16.9 Å². The van der Waals surface area contributed by atoms with Crippen molar-refractivity contribution < 1.29 is 18.7 Å². The number of hydrogen-bond donors (Lipinski definition) is 1. The molecule has 0 unspecified atom stereocenters. The van der Waals surface area contributed by atoms with Gasteiger partial charge in [0.1, 0.15) is 10.8 Å². The van der Waals surface area contributed by atoms with Crippen LogP contribution < -0.4 is 5.32 Å². The Morgan fingerprint density at radius 1 is 1.28 bits per heavy atom. The van der Waals surface area contributed by atoms with Crippen molar-refractivity contribution >= 4 is 33.8 Å². The number of rotatable bonds is 5. The largest absolute Gasteiger partial charge is 0.465 e. The molecule has 25 heavy (non-hydrogen) atoms. The lowest BCUT2D eigenvalue weighted by atomic mass is 10.1. The number of methoxy groups -OCH3 is 1.